The van der Waals surface area contributed by atoms with Crippen LogP contribution in [0.1, 0.15) is 285 Å². The van der Waals surface area contributed by atoms with E-state index in [1.165, 1.54) is 287 Å². The molecule has 0 aliphatic carbocycles. The lowest BCUT2D eigenvalue weighted by atomic mass is 10.0. The van der Waals surface area contributed by atoms with Crippen LogP contribution < -0.4 is 0 Å². The molecule has 0 rings (SSSR count). The molecule has 0 aromatic carbocycles. The molecule has 0 N–H and O–H groups in total. The summed E-state index contributed by atoms with van der Waals surface area (Å²) in [5.74, 6) is 0. The molecule has 0 spiro atoms. The highest BCUT2D eigenvalue weighted by atomic mass is 16.6. The molecule has 52 heavy (non-hydrogen) atoms. The lowest BCUT2D eigenvalue weighted by Crippen LogP contribution is -2.50. The van der Waals surface area contributed by atoms with E-state index in [1.54, 1.807) is 0 Å². The van der Waals surface area contributed by atoms with Gasteiger partial charge in [-0.2, -0.15) is 0 Å². The molecule has 0 heterocycles. The fourth-order valence-electron chi connectivity index (χ4n) is 8.41. The fourth-order valence-corrected chi connectivity index (χ4v) is 8.41. The largest absolute Gasteiger partial charge is 0.444 e. The Bertz CT molecular complexity index is 526. The second kappa shape index (κ2) is 48.4. The van der Waals surface area contributed by atoms with Crippen molar-refractivity contribution in [1.29, 1.82) is 0 Å². The van der Waals surface area contributed by atoms with Crippen LogP contribution in [0.15, 0.2) is 5.34 Å². The normalized spacial score (nSPS) is 11.5. The summed E-state index contributed by atoms with van der Waals surface area (Å²) in [6.07, 6.45) is 58.7. The first kappa shape index (κ1) is 53.5. The summed E-state index contributed by atoms with van der Waals surface area (Å²) in [5.41, 5.74) is 0. The topological polar surface area (TPSA) is 52.5 Å². The van der Waals surface area contributed by atoms with Crippen LogP contribution in [-0.4, -0.2) is 30.7 Å². The minimum Gasteiger partial charge on any atom is -0.444 e. The highest BCUT2D eigenvalue weighted by Gasteiger charge is 2.25. The first-order chi connectivity index (χ1) is 25.7. The summed E-state index contributed by atoms with van der Waals surface area (Å²) < 4.78 is 1.49. The van der Waals surface area contributed by atoms with Crippen molar-refractivity contribution in [3.63, 3.8) is 0 Å². The quantitative estimate of drug-likeness (QED) is 0.0271. The van der Waals surface area contributed by atoms with Gasteiger partial charge < -0.3 is 14.6 Å². The van der Waals surface area contributed by atoms with Gasteiger partial charge in [-0.05, 0) is 51.4 Å². The second-order valence-electron chi connectivity index (χ2n) is 17.0. The SMILES string of the molecule is CCCCCCCCCCCC[N+](CCCCCCCCCCCC)(CCCCCCCCCCCC)CCCCCCCCCCCC.O=N[O-]. The van der Waals surface area contributed by atoms with Crippen molar-refractivity contribution in [1.82, 2.24) is 0 Å². The van der Waals surface area contributed by atoms with Crippen molar-refractivity contribution in [2.75, 3.05) is 26.2 Å². The third kappa shape index (κ3) is 43.8. The van der Waals surface area contributed by atoms with Crippen molar-refractivity contribution >= 4 is 0 Å². The third-order valence-electron chi connectivity index (χ3n) is 11.9. The van der Waals surface area contributed by atoms with Gasteiger partial charge in [-0.25, -0.2) is 0 Å². The Morgan fingerprint density at radius 2 is 0.385 bits per heavy atom. The van der Waals surface area contributed by atoms with Gasteiger partial charge in [0.05, 0.1) is 26.2 Å². The van der Waals surface area contributed by atoms with Crippen LogP contribution in [0, 0.1) is 10.1 Å². The maximum absolute atomic E-state index is 8.00. The van der Waals surface area contributed by atoms with E-state index in [-0.39, 0.29) is 0 Å². The zero-order valence-electron chi connectivity index (χ0n) is 36.8. The smallest absolute Gasteiger partial charge is 0.0786 e. The summed E-state index contributed by atoms with van der Waals surface area (Å²) in [6, 6.07) is 0. The number of quaternary nitrogens is 1. The molecular formula is C48H100N2O2. The molecular weight excluding hydrogens is 637 g/mol. The standard InChI is InChI=1S/C48H100N.HNO2/c1-5-9-13-17-21-25-29-33-37-41-45-49(46-42-38-34-30-26-22-18-14-10-6-2,47-43-39-35-31-27-23-19-15-11-7-3)48-44-40-36-32-28-24-20-16-12-8-4;2-1-3/h5-48H2,1-4H3;(H,2,3)/q+1;/p-1. The Morgan fingerprint density at radius 3 is 0.519 bits per heavy atom. The van der Waals surface area contributed by atoms with E-state index in [1.807, 2.05) is 0 Å². The second-order valence-corrected chi connectivity index (χ2v) is 17.0. The molecule has 0 saturated carbocycles. The van der Waals surface area contributed by atoms with Crippen LogP contribution >= 0.6 is 0 Å². The monoisotopic (exact) mass is 737 g/mol. The van der Waals surface area contributed by atoms with Gasteiger partial charge in [0.1, 0.15) is 0 Å². The average Bonchev–Trinajstić information content (AvgIpc) is 3.15. The van der Waals surface area contributed by atoms with Gasteiger partial charge in [-0.15, -0.1) is 5.34 Å². The van der Waals surface area contributed by atoms with Crippen LogP contribution in [0.4, 0.5) is 0 Å². The average molecular weight is 737 g/mol. The van der Waals surface area contributed by atoms with Gasteiger partial charge in [0.2, 0.25) is 0 Å². The highest BCUT2D eigenvalue weighted by Crippen LogP contribution is 2.22. The Labute approximate surface area is 329 Å². The minimum atomic E-state index is 1.00. The molecule has 0 unspecified atom stereocenters. The van der Waals surface area contributed by atoms with Crippen molar-refractivity contribution in [2.24, 2.45) is 5.34 Å². The van der Waals surface area contributed by atoms with Crippen molar-refractivity contribution in [2.45, 2.75) is 285 Å². The predicted octanol–water partition coefficient (Wildman–Crippen LogP) is 17.7. The Balaban J connectivity index is 0. The molecule has 0 bridgehead atoms. The van der Waals surface area contributed by atoms with E-state index < -0.39 is 0 Å². The van der Waals surface area contributed by atoms with E-state index in [4.69, 9.17) is 10.1 Å². The van der Waals surface area contributed by atoms with Crippen molar-refractivity contribution in [3.8, 4) is 0 Å². The van der Waals surface area contributed by atoms with Crippen LogP contribution in [0.25, 0.3) is 0 Å². The van der Waals surface area contributed by atoms with Gasteiger partial charge >= 0.3 is 0 Å². The fraction of sp³-hybridized carbons (Fsp3) is 1.00. The molecule has 0 atom stereocenters. The molecule has 0 radical (unpaired) electrons. The lowest BCUT2D eigenvalue weighted by Gasteiger charge is -2.40. The summed E-state index contributed by atoms with van der Waals surface area (Å²) in [6.45, 7) is 15.3. The number of nitrogens with zero attached hydrogens (tertiary/aromatic N) is 2. The summed E-state index contributed by atoms with van der Waals surface area (Å²) in [4.78, 5) is 8.00. The van der Waals surface area contributed by atoms with Gasteiger partial charge in [0, 0.05) is 0 Å². The first-order valence-electron chi connectivity index (χ1n) is 24.5. The molecule has 0 aromatic heterocycles. The Hall–Kier alpha value is -0.640. The van der Waals surface area contributed by atoms with E-state index in [2.05, 4.69) is 27.7 Å². The Kier molecular flexibility index (Phi) is 49.7. The molecule has 4 nitrogen and oxygen atoms in total. The lowest BCUT2D eigenvalue weighted by molar-refractivity contribution is -0.929. The van der Waals surface area contributed by atoms with Crippen LogP contribution in [0.2, 0.25) is 0 Å². The number of unbranched alkanes of at least 4 members (excludes halogenated alkanes) is 36. The van der Waals surface area contributed by atoms with Gasteiger partial charge in [-0.3, -0.25) is 0 Å². The van der Waals surface area contributed by atoms with Gasteiger partial charge in [0.15, 0.2) is 0 Å². The zero-order chi connectivity index (χ0) is 38.3. The van der Waals surface area contributed by atoms with E-state index in [0.29, 0.717) is 0 Å². The molecule has 314 valence electrons. The van der Waals surface area contributed by atoms with E-state index in [0.717, 1.165) is 5.34 Å². The molecule has 0 aliphatic heterocycles. The van der Waals surface area contributed by atoms with Gasteiger partial charge in [0.25, 0.3) is 0 Å². The summed E-state index contributed by atoms with van der Waals surface area (Å²) in [5, 5.41) is 9.00. The van der Waals surface area contributed by atoms with Crippen molar-refractivity contribution in [3.05, 3.63) is 10.1 Å². The predicted molar refractivity (Wildman–Crippen MR) is 236 cm³/mol. The maximum atomic E-state index is 8.00. The Morgan fingerprint density at radius 1 is 0.269 bits per heavy atom. The molecule has 0 aromatic rings. The molecule has 0 fully saturated rings. The molecule has 4 heteroatoms. The molecule has 0 saturated heterocycles. The summed E-state index contributed by atoms with van der Waals surface area (Å²) >= 11 is 0. The van der Waals surface area contributed by atoms with E-state index in [9.17, 15) is 0 Å². The van der Waals surface area contributed by atoms with Crippen molar-refractivity contribution < 1.29 is 4.48 Å². The number of hydrogen-bond donors (Lipinski definition) is 0. The van der Waals surface area contributed by atoms with E-state index >= 15 is 0 Å². The minimum absolute atomic E-state index is 1.00. The highest BCUT2D eigenvalue weighted by molar-refractivity contribution is 4.56. The number of hydrogen-bond acceptors (Lipinski definition) is 3. The first-order valence-corrected chi connectivity index (χ1v) is 24.5. The van der Waals surface area contributed by atoms with Crippen LogP contribution in [0.5, 0.6) is 0 Å². The maximum Gasteiger partial charge on any atom is 0.0786 e. The van der Waals surface area contributed by atoms with Crippen LogP contribution in [0.3, 0.4) is 0 Å². The summed E-state index contributed by atoms with van der Waals surface area (Å²) in [7, 11) is 0. The molecule has 0 aliphatic rings. The van der Waals surface area contributed by atoms with Crippen LogP contribution in [-0.2, 0) is 0 Å². The third-order valence-corrected chi connectivity index (χ3v) is 11.9. The van der Waals surface area contributed by atoms with Gasteiger partial charge in [-0.1, -0.05) is 233 Å². The zero-order valence-corrected chi connectivity index (χ0v) is 36.8. The number of rotatable bonds is 44. The molecule has 0 amide bonds.